The van der Waals surface area contributed by atoms with Gasteiger partial charge in [-0.15, -0.1) is 0 Å². The molecule has 0 unspecified atom stereocenters. The molecule has 0 spiro atoms. The molecule has 1 atom stereocenters. The number of aromatic nitrogens is 1. The van der Waals surface area contributed by atoms with E-state index in [0.29, 0.717) is 36.6 Å². The van der Waals surface area contributed by atoms with E-state index in [-0.39, 0.29) is 5.91 Å². The van der Waals surface area contributed by atoms with E-state index >= 15 is 0 Å². The zero-order valence-corrected chi connectivity index (χ0v) is 18.3. The molecule has 30 heavy (non-hydrogen) atoms. The minimum absolute atomic E-state index is 0.226. The standard InChI is InChI=1S/C25H31N3O2/c1-18(2)20(4)28(15-22-12-10-19(3)11-13-22)16-24-27-23(17-30-24)25(29)26-14-21-8-6-5-7-9-21/h5-13,17-18,20H,14-16H2,1-4H3,(H,26,29)/t20-/m0/s1. The van der Waals surface area contributed by atoms with E-state index in [0.717, 1.165) is 12.1 Å². The van der Waals surface area contributed by atoms with Crippen LogP contribution in [0.15, 0.2) is 65.3 Å². The van der Waals surface area contributed by atoms with Crippen molar-refractivity contribution in [3.05, 3.63) is 89.1 Å². The molecule has 5 nitrogen and oxygen atoms in total. The summed E-state index contributed by atoms with van der Waals surface area (Å²) < 4.78 is 5.64. The second-order valence-corrected chi connectivity index (χ2v) is 8.17. The normalized spacial score (nSPS) is 12.3. The number of nitrogens with zero attached hydrogens (tertiary/aromatic N) is 2. The third-order valence-corrected chi connectivity index (χ3v) is 5.47. The topological polar surface area (TPSA) is 58.4 Å². The highest BCUT2D eigenvalue weighted by molar-refractivity contribution is 5.91. The lowest BCUT2D eigenvalue weighted by atomic mass is 10.0. The number of nitrogens with one attached hydrogen (secondary N) is 1. The minimum Gasteiger partial charge on any atom is -0.447 e. The molecule has 1 N–H and O–H groups in total. The van der Waals surface area contributed by atoms with Crippen LogP contribution in [0.2, 0.25) is 0 Å². The number of hydrogen-bond acceptors (Lipinski definition) is 4. The zero-order chi connectivity index (χ0) is 21.5. The lowest BCUT2D eigenvalue weighted by molar-refractivity contribution is 0.0945. The second-order valence-electron chi connectivity index (χ2n) is 8.17. The Morgan fingerprint density at radius 3 is 2.37 bits per heavy atom. The Morgan fingerprint density at radius 1 is 1.00 bits per heavy atom. The molecule has 5 heteroatoms. The Bertz CT molecular complexity index is 933. The van der Waals surface area contributed by atoms with Gasteiger partial charge in [0, 0.05) is 19.1 Å². The van der Waals surface area contributed by atoms with Gasteiger partial charge in [0.15, 0.2) is 5.69 Å². The van der Waals surface area contributed by atoms with Gasteiger partial charge in [-0.2, -0.15) is 0 Å². The lowest BCUT2D eigenvalue weighted by Gasteiger charge is -2.30. The predicted octanol–water partition coefficient (Wildman–Crippen LogP) is 4.96. The number of hydrogen-bond donors (Lipinski definition) is 1. The van der Waals surface area contributed by atoms with E-state index in [1.165, 1.54) is 17.4 Å². The number of carbonyl (C=O) groups is 1. The monoisotopic (exact) mass is 405 g/mol. The number of aryl methyl sites for hydroxylation is 1. The summed E-state index contributed by atoms with van der Waals surface area (Å²) in [6.45, 7) is 10.6. The van der Waals surface area contributed by atoms with Gasteiger partial charge in [0.2, 0.25) is 5.89 Å². The summed E-state index contributed by atoms with van der Waals surface area (Å²) in [4.78, 5) is 19.2. The fourth-order valence-electron chi connectivity index (χ4n) is 3.22. The van der Waals surface area contributed by atoms with Crippen LogP contribution in [0.1, 0.15) is 53.8 Å². The molecular formula is C25H31N3O2. The molecule has 0 aliphatic rings. The smallest absolute Gasteiger partial charge is 0.273 e. The summed E-state index contributed by atoms with van der Waals surface area (Å²) in [5, 5.41) is 2.89. The van der Waals surface area contributed by atoms with Crippen LogP contribution in [0.5, 0.6) is 0 Å². The highest BCUT2D eigenvalue weighted by Gasteiger charge is 2.21. The maximum atomic E-state index is 12.4. The molecular weight excluding hydrogens is 374 g/mol. The van der Waals surface area contributed by atoms with Gasteiger partial charge in [-0.05, 0) is 30.9 Å². The van der Waals surface area contributed by atoms with Gasteiger partial charge >= 0.3 is 0 Å². The molecule has 3 rings (SSSR count). The molecule has 0 bridgehead atoms. The predicted molar refractivity (Wildman–Crippen MR) is 119 cm³/mol. The van der Waals surface area contributed by atoms with Crippen molar-refractivity contribution in [2.24, 2.45) is 5.92 Å². The number of oxazole rings is 1. The Balaban J connectivity index is 1.65. The second kappa shape index (κ2) is 10.2. The van der Waals surface area contributed by atoms with Crippen LogP contribution in [0.25, 0.3) is 0 Å². The van der Waals surface area contributed by atoms with Crippen molar-refractivity contribution in [1.29, 1.82) is 0 Å². The molecule has 0 aliphatic heterocycles. The average molecular weight is 406 g/mol. The Kier molecular flexibility index (Phi) is 7.41. The minimum atomic E-state index is -0.226. The third-order valence-electron chi connectivity index (χ3n) is 5.47. The van der Waals surface area contributed by atoms with Crippen LogP contribution in [0, 0.1) is 12.8 Å². The van der Waals surface area contributed by atoms with Crippen molar-refractivity contribution in [1.82, 2.24) is 15.2 Å². The Labute approximate surface area is 179 Å². The van der Waals surface area contributed by atoms with Gasteiger partial charge in [0.1, 0.15) is 6.26 Å². The van der Waals surface area contributed by atoms with E-state index < -0.39 is 0 Å². The molecule has 1 aromatic heterocycles. The third kappa shape index (κ3) is 6.04. The Morgan fingerprint density at radius 2 is 1.70 bits per heavy atom. The van der Waals surface area contributed by atoms with Crippen LogP contribution in [0.3, 0.4) is 0 Å². The SMILES string of the molecule is Cc1ccc(CN(Cc2nc(C(=O)NCc3ccccc3)co2)[C@@H](C)C(C)C)cc1. The summed E-state index contributed by atoms with van der Waals surface area (Å²) in [7, 11) is 0. The first-order chi connectivity index (χ1) is 14.4. The van der Waals surface area contributed by atoms with Crippen LogP contribution < -0.4 is 5.32 Å². The van der Waals surface area contributed by atoms with Gasteiger partial charge in [-0.3, -0.25) is 9.69 Å². The van der Waals surface area contributed by atoms with Crippen molar-refractivity contribution < 1.29 is 9.21 Å². The van der Waals surface area contributed by atoms with Gasteiger partial charge in [-0.25, -0.2) is 4.98 Å². The summed E-state index contributed by atoms with van der Waals surface area (Å²) in [6.07, 6.45) is 1.44. The number of rotatable bonds is 9. The van der Waals surface area contributed by atoms with E-state index in [1.54, 1.807) is 0 Å². The van der Waals surface area contributed by atoms with Crippen molar-refractivity contribution in [3.63, 3.8) is 0 Å². The van der Waals surface area contributed by atoms with E-state index in [2.05, 4.69) is 67.2 Å². The Hall–Kier alpha value is -2.92. The van der Waals surface area contributed by atoms with E-state index in [9.17, 15) is 4.79 Å². The average Bonchev–Trinajstić information content (AvgIpc) is 3.22. The first-order valence-corrected chi connectivity index (χ1v) is 10.5. The van der Waals surface area contributed by atoms with Gasteiger partial charge in [0.25, 0.3) is 5.91 Å². The molecule has 0 saturated heterocycles. The van der Waals surface area contributed by atoms with E-state index in [4.69, 9.17) is 4.42 Å². The van der Waals surface area contributed by atoms with Gasteiger partial charge < -0.3 is 9.73 Å². The maximum absolute atomic E-state index is 12.4. The maximum Gasteiger partial charge on any atom is 0.273 e. The largest absolute Gasteiger partial charge is 0.447 e. The summed E-state index contributed by atoms with van der Waals surface area (Å²) in [5.74, 6) is 0.814. The van der Waals surface area contributed by atoms with Gasteiger partial charge in [0.05, 0.1) is 6.54 Å². The summed E-state index contributed by atoms with van der Waals surface area (Å²) in [5.41, 5.74) is 3.86. The van der Waals surface area contributed by atoms with Crippen molar-refractivity contribution in [2.45, 2.75) is 53.4 Å². The van der Waals surface area contributed by atoms with Crippen LogP contribution in [0.4, 0.5) is 0 Å². The molecule has 1 heterocycles. The van der Waals surface area contributed by atoms with Crippen molar-refractivity contribution >= 4 is 5.91 Å². The molecule has 1 amide bonds. The fraction of sp³-hybridized carbons (Fsp3) is 0.360. The van der Waals surface area contributed by atoms with Crippen LogP contribution >= 0.6 is 0 Å². The summed E-state index contributed by atoms with van der Waals surface area (Å²) in [6, 6.07) is 18.7. The first-order valence-electron chi connectivity index (χ1n) is 10.5. The molecule has 158 valence electrons. The van der Waals surface area contributed by atoms with Crippen LogP contribution in [-0.4, -0.2) is 21.8 Å². The molecule has 0 fully saturated rings. The molecule has 2 aromatic carbocycles. The zero-order valence-electron chi connectivity index (χ0n) is 18.3. The molecule has 0 radical (unpaired) electrons. The number of carbonyl (C=O) groups excluding carboxylic acids is 1. The highest BCUT2D eigenvalue weighted by Crippen LogP contribution is 2.18. The van der Waals surface area contributed by atoms with Crippen molar-refractivity contribution in [3.8, 4) is 0 Å². The van der Waals surface area contributed by atoms with E-state index in [1.807, 2.05) is 30.3 Å². The number of benzene rings is 2. The quantitative estimate of drug-likeness (QED) is 0.547. The highest BCUT2D eigenvalue weighted by atomic mass is 16.3. The lowest BCUT2D eigenvalue weighted by Crippen LogP contribution is -2.36. The summed E-state index contributed by atoms with van der Waals surface area (Å²) >= 11 is 0. The fourth-order valence-corrected chi connectivity index (χ4v) is 3.22. The number of amides is 1. The molecule has 3 aromatic rings. The molecule has 0 aliphatic carbocycles. The first kappa shape index (κ1) is 21.8. The molecule has 0 saturated carbocycles. The van der Waals surface area contributed by atoms with Crippen LogP contribution in [-0.2, 0) is 19.6 Å². The van der Waals surface area contributed by atoms with Gasteiger partial charge in [-0.1, -0.05) is 74.0 Å². The van der Waals surface area contributed by atoms with Crippen molar-refractivity contribution in [2.75, 3.05) is 0 Å².